The third kappa shape index (κ3) is 3.20. The van der Waals surface area contributed by atoms with Crippen LogP contribution in [0.2, 0.25) is 0 Å². The number of carbonyl (C=O) groups is 1. The predicted molar refractivity (Wildman–Crippen MR) is 114 cm³/mol. The maximum Gasteiger partial charge on any atom is 0.434 e. The largest absolute Gasteiger partial charge is 0.434 e. The van der Waals surface area contributed by atoms with Crippen LogP contribution in [-0.4, -0.2) is 30.4 Å². The number of nitrogens with zero attached hydrogens (tertiary/aromatic N) is 5. The lowest BCUT2D eigenvalue weighted by atomic mass is 9.78. The SMILES string of the molecule is Cc1nc(-n2cnc(C(F)(F)F)c2)ccc1[C@H]1[C@@H](C2CC2)C(=O)N1c1ccc2[nH]cnc2c1. The molecule has 4 aromatic rings. The summed E-state index contributed by atoms with van der Waals surface area (Å²) in [7, 11) is 0. The Morgan fingerprint density at radius 3 is 2.64 bits per heavy atom. The van der Waals surface area contributed by atoms with Crippen LogP contribution in [0.4, 0.5) is 18.9 Å². The number of hydrogen-bond acceptors (Lipinski definition) is 4. The van der Waals surface area contributed by atoms with Crippen molar-refractivity contribution < 1.29 is 18.0 Å². The van der Waals surface area contributed by atoms with E-state index in [0.29, 0.717) is 17.4 Å². The van der Waals surface area contributed by atoms with Crippen molar-refractivity contribution in [1.29, 1.82) is 0 Å². The average Bonchev–Trinajstić information content (AvgIpc) is 3.25. The van der Waals surface area contributed by atoms with Gasteiger partial charge in [0.1, 0.15) is 12.1 Å². The average molecular weight is 452 g/mol. The Morgan fingerprint density at radius 1 is 1.12 bits per heavy atom. The van der Waals surface area contributed by atoms with Crippen LogP contribution in [-0.2, 0) is 11.0 Å². The van der Waals surface area contributed by atoms with Crippen LogP contribution in [0, 0.1) is 18.8 Å². The minimum atomic E-state index is -4.51. The second kappa shape index (κ2) is 6.90. The Morgan fingerprint density at radius 2 is 1.94 bits per heavy atom. The van der Waals surface area contributed by atoms with Crippen molar-refractivity contribution >= 4 is 22.6 Å². The Labute approximate surface area is 186 Å². The van der Waals surface area contributed by atoms with Crippen LogP contribution in [0.15, 0.2) is 49.2 Å². The Bertz CT molecular complexity index is 1390. The highest BCUT2D eigenvalue weighted by Gasteiger charge is 2.55. The maximum atomic E-state index is 13.2. The fourth-order valence-corrected chi connectivity index (χ4v) is 4.73. The van der Waals surface area contributed by atoms with Crippen LogP contribution in [0.3, 0.4) is 0 Å². The molecular formula is C23H19F3N6O. The molecule has 1 saturated heterocycles. The van der Waals surface area contributed by atoms with Gasteiger partial charge < -0.3 is 9.88 Å². The predicted octanol–water partition coefficient (Wildman–Crippen LogP) is 4.58. The summed E-state index contributed by atoms with van der Waals surface area (Å²) in [4.78, 5) is 30.3. The molecule has 0 unspecified atom stereocenters. The first-order chi connectivity index (χ1) is 15.8. The number of rotatable bonds is 4. The first-order valence-corrected chi connectivity index (χ1v) is 10.7. The van der Waals surface area contributed by atoms with Crippen LogP contribution in [0.25, 0.3) is 16.9 Å². The normalized spacial score (nSPS) is 21.0. The molecule has 1 saturated carbocycles. The zero-order chi connectivity index (χ0) is 22.9. The summed E-state index contributed by atoms with van der Waals surface area (Å²) in [5, 5.41) is 0. The number of halogens is 3. The molecule has 168 valence electrons. The number of benzene rings is 1. The second-order valence-corrected chi connectivity index (χ2v) is 8.63. The standard InChI is InChI=1S/C23H19F3N6O/c1-12-15(5-7-19(30-12)31-9-18(29-11-31)23(24,25)26)21-20(13-2-3-13)22(33)32(21)14-4-6-16-17(8-14)28-10-27-16/h4-11,13,20-21H,2-3H2,1H3,(H,27,28)/t20-,21+/m1/s1. The van der Waals surface area contributed by atoms with Gasteiger partial charge in [0.25, 0.3) is 0 Å². The van der Waals surface area contributed by atoms with Crippen molar-refractivity contribution in [2.45, 2.75) is 32.0 Å². The fraction of sp³-hybridized carbons (Fsp3) is 0.304. The van der Waals surface area contributed by atoms with Gasteiger partial charge in [0.05, 0.1) is 29.3 Å². The number of carbonyl (C=O) groups excluding carboxylic acids is 1. The quantitative estimate of drug-likeness (QED) is 0.460. The highest BCUT2D eigenvalue weighted by Crippen LogP contribution is 2.54. The van der Waals surface area contributed by atoms with E-state index in [9.17, 15) is 18.0 Å². The van der Waals surface area contributed by atoms with Crippen molar-refractivity contribution in [3.63, 3.8) is 0 Å². The van der Waals surface area contributed by atoms with E-state index in [1.807, 2.05) is 31.2 Å². The maximum absolute atomic E-state index is 13.2. The molecule has 2 fully saturated rings. The molecule has 0 bridgehead atoms. The van der Waals surface area contributed by atoms with E-state index < -0.39 is 11.9 Å². The highest BCUT2D eigenvalue weighted by atomic mass is 19.4. The van der Waals surface area contributed by atoms with Crippen LogP contribution >= 0.6 is 0 Å². The number of aromatic nitrogens is 5. The molecule has 10 heteroatoms. The highest BCUT2D eigenvalue weighted by molar-refractivity contribution is 6.04. The zero-order valence-corrected chi connectivity index (χ0v) is 17.5. The van der Waals surface area contributed by atoms with Crippen molar-refractivity contribution in [3.05, 3.63) is 66.1 Å². The molecular weight excluding hydrogens is 433 g/mol. The molecule has 33 heavy (non-hydrogen) atoms. The van der Waals surface area contributed by atoms with Gasteiger partial charge in [0, 0.05) is 17.6 Å². The van der Waals surface area contributed by atoms with E-state index in [4.69, 9.17) is 0 Å². The molecule has 2 aliphatic rings. The molecule has 7 nitrogen and oxygen atoms in total. The summed E-state index contributed by atoms with van der Waals surface area (Å²) in [6, 6.07) is 9.05. The topological polar surface area (TPSA) is 79.7 Å². The molecule has 2 atom stereocenters. The van der Waals surface area contributed by atoms with Gasteiger partial charge in [-0.1, -0.05) is 6.07 Å². The Balaban J connectivity index is 1.37. The third-order valence-corrected chi connectivity index (χ3v) is 6.52. The number of fused-ring (bicyclic) bond motifs is 1. The molecule has 1 aliphatic carbocycles. The van der Waals surface area contributed by atoms with Crippen LogP contribution in [0.1, 0.15) is 35.8 Å². The van der Waals surface area contributed by atoms with Gasteiger partial charge in [0.15, 0.2) is 5.69 Å². The summed E-state index contributed by atoms with van der Waals surface area (Å²) in [5.41, 5.74) is 3.04. The first kappa shape index (κ1) is 20.0. The van der Waals surface area contributed by atoms with Crippen molar-refractivity contribution in [3.8, 4) is 5.82 Å². The third-order valence-electron chi connectivity index (χ3n) is 6.52. The number of β-lactam (4-membered cyclic amide) rings is 1. The number of nitrogens with one attached hydrogen (secondary N) is 1. The van der Waals surface area contributed by atoms with E-state index in [1.54, 1.807) is 17.3 Å². The summed E-state index contributed by atoms with van der Waals surface area (Å²) in [6.45, 7) is 1.82. The number of aromatic amines is 1. The number of amides is 1. The molecule has 0 spiro atoms. The van der Waals surface area contributed by atoms with Gasteiger partial charge in [-0.25, -0.2) is 15.0 Å². The first-order valence-electron chi connectivity index (χ1n) is 10.7. The van der Waals surface area contributed by atoms with Gasteiger partial charge >= 0.3 is 6.18 Å². The van der Waals surface area contributed by atoms with Gasteiger partial charge in [0.2, 0.25) is 5.91 Å². The number of hydrogen-bond donors (Lipinski definition) is 1. The molecule has 3 aromatic heterocycles. The van der Waals surface area contributed by atoms with Gasteiger partial charge in [-0.2, -0.15) is 13.2 Å². The van der Waals surface area contributed by atoms with Crippen molar-refractivity contribution in [2.75, 3.05) is 4.90 Å². The number of imidazole rings is 2. The zero-order valence-electron chi connectivity index (χ0n) is 17.5. The van der Waals surface area contributed by atoms with Crippen molar-refractivity contribution in [2.24, 2.45) is 11.8 Å². The lowest BCUT2D eigenvalue weighted by Gasteiger charge is -2.48. The van der Waals surface area contributed by atoms with Gasteiger partial charge in [-0.15, -0.1) is 0 Å². The summed E-state index contributed by atoms with van der Waals surface area (Å²) in [5.74, 6) is 0.675. The van der Waals surface area contributed by atoms with Crippen LogP contribution < -0.4 is 4.90 Å². The number of alkyl halides is 3. The van der Waals surface area contributed by atoms with Crippen LogP contribution in [0.5, 0.6) is 0 Å². The monoisotopic (exact) mass is 452 g/mol. The number of aryl methyl sites for hydroxylation is 1. The smallest absolute Gasteiger partial charge is 0.345 e. The van der Waals surface area contributed by atoms with E-state index >= 15 is 0 Å². The van der Waals surface area contributed by atoms with E-state index in [-0.39, 0.29) is 17.9 Å². The van der Waals surface area contributed by atoms with E-state index in [1.165, 1.54) is 4.57 Å². The van der Waals surface area contributed by atoms with Gasteiger partial charge in [-0.3, -0.25) is 9.36 Å². The minimum absolute atomic E-state index is 0.0882. The molecule has 1 N–H and O–H groups in total. The molecule has 6 rings (SSSR count). The van der Waals surface area contributed by atoms with Gasteiger partial charge in [-0.05, 0) is 55.5 Å². The Kier molecular flexibility index (Phi) is 4.17. The van der Waals surface area contributed by atoms with E-state index in [0.717, 1.165) is 47.7 Å². The molecule has 1 aliphatic heterocycles. The Hall–Kier alpha value is -3.69. The lowest BCUT2D eigenvalue weighted by molar-refractivity contribution is -0.141. The number of H-pyrrole nitrogens is 1. The number of pyridine rings is 1. The summed E-state index contributed by atoms with van der Waals surface area (Å²) >= 11 is 0. The summed E-state index contributed by atoms with van der Waals surface area (Å²) < 4.78 is 40.0. The molecule has 0 radical (unpaired) electrons. The minimum Gasteiger partial charge on any atom is -0.345 e. The molecule has 1 amide bonds. The molecule has 1 aromatic carbocycles. The number of anilines is 1. The second-order valence-electron chi connectivity index (χ2n) is 8.63. The van der Waals surface area contributed by atoms with E-state index in [2.05, 4.69) is 19.9 Å². The van der Waals surface area contributed by atoms with Crippen molar-refractivity contribution in [1.82, 2.24) is 24.5 Å². The lowest BCUT2D eigenvalue weighted by Crippen LogP contribution is -2.56. The summed E-state index contributed by atoms with van der Waals surface area (Å²) in [6.07, 6.45) is 1.18. The molecule has 4 heterocycles. The fourth-order valence-electron chi connectivity index (χ4n) is 4.73.